The average Bonchev–Trinajstić information content (AvgIpc) is 3.18. The van der Waals surface area contributed by atoms with Crippen LogP contribution in [-0.2, 0) is 4.79 Å². The molecule has 8 nitrogen and oxygen atoms in total. The number of hydrogen-bond donors (Lipinski definition) is 2. The molecule has 1 aliphatic rings. The lowest BCUT2D eigenvalue weighted by Crippen LogP contribution is -2.57. The Morgan fingerprint density at radius 1 is 1.28 bits per heavy atom. The molecule has 3 heterocycles. The Bertz CT molecular complexity index is 1020. The molecule has 29 heavy (non-hydrogen) atoms. The zero-order valence-electron chi connectivity index (χ0n) is 16.7. The maximum Gasteiger partial charge on any atom is 0.298 e. The van der Waals surface area contributed by atoms with Crippen molar-refractivity contribution in [2.45, 2.75) is 26.8 Å². The second-order valence-corrected chi connectivity index (χ2v) is 7.41. The van der Waals surface area contributed by atoms with Crippen LogP contribution in [0.1, 0.15) is 19.5 Å². The van der Waals surface area contributed by atoms with Gasteiger partial charge in [0, 0.05) is 36.2 Å². The van der Waals surface area contributed by atoms with Gasteiger partial charge in [0.25, 0.3) is 6.01 Å². The van der Waals surface area contributed by atoms with Crippen LogP contribution in [-0.4, -0.2) is 40.0 Å². The summed E-state index contributed by atoms with van der Waals surface area (Å²) in [6.07, 6.45) is 3.42. The van der Waals surface area contributed by atoms with Crippen LogP contribution in [0, 0.1) is 12.8 Å². The number of anilines is 3. The number of piperazine rings is 1. The quantitative estimate of drug-likeness (QED) is 0.688. The predicted octanol–water partition coefficient (Wildman–Crippen LogP) is 3.14. The van der Waals surface area contributed by atoms with Gasteiger partial charge >= 0.3 is 0 Å². The third-order valence-corrected chi connectivity index (χ3v) is 4.83. The summed E-state index contributed by atoms with van der Waals surface area (Å²) in [6.45, 7) is 7.21. The van der Waals surface area contributed by atoms with Crippen LogP contribution >= 0.6 is 0 Å². The monoisotopic (exact) mass is 392 g/mol. The van der Waals surface area contributed by atoms with E-state index in [-0.39, 0.29) is 17.9 Å². The highest BCUT2D eigenvalue weighted by molar-refractivity contribution is 5.86. The number of amides is 1. The van der Waals surface area contributed by atoms with Crippen molar-refractivity contribution < 1.29 is 9.21 Å². The number of nitrogens with one attached hydrogen (secondary N) is 2. The highest BCUT2D eigenvalue weighted by Gasteiger charge is 2.34. The molecule has 4 rings (SSSR count). The van der Waals surface area contributed by atoms with E-state index in [0.29, 0.717) is 30.8 Å². The Hall–Kier alpha value is -3.42. The summed E-state index contributed by atoms with van der Waals surface area (Å²) in [5.74, 6) is 1.34. The zero-order chi connectivity index (χ0) is 20.4. The lowest BCUT2D eigenvalue weighted by molar-refractivity contribution is -0.124. The smallest absolute Gasteiger partial charge is 0.298 e. The summed E-state index contributed by atoms with van der Waals surface area (Å²) >= 11 is 0. The molecule has 0 saturated carbocycles. The van der Waals surface area contributed by atoms with Crippen LogP contribution in [0.15, 0.2) is 47.1 Å². The number of aryl methyl sites for hydroxylation is 1. The number of hydrogen-bond acceptors (Lipinski definition) is 7. The maximum absolute atomic E-state index is 12.3. The molecule has 1 saturated heterocycles. The van der Waals surface area contributed by atoms with Crippen LogP contribution in [0.4, 0.5) is 17.7 Å². The number of benzene rings is 1. The van der Waals surface area contributed by atoms with E-state index >= 15 is 0 Å². The van der Waals surface area contributed by atoms with Crippen LogP contribution < -0.4 is 15.5 Å². The van der Waals surface area contributed by atoms with Crippen molar-refractivity contribution in [1.82, 2.24) is 20.3 Å². The number of carbonyl (C=O) groups is 1. The minimum atomic E-state index is -0.290. The number of nitrogens with zero attached hydrogens (tertiary/aromatic N) is 4. The molecule has 1 aliphatic heterocycles. The van der Waals surface area contributed by atoms with E-state index in [9.17, 15) is 4.79 Å². The molecule has 0 radical (unpaired) electrons. The molecule has 0 unspecified atom stereocenters. The van der Waals surface area contributed by atoms with Gasteiger partial charge in [0.15, 0.2) is 5.76 Å². The Balaban J connectivity index is 1.57. The molecule has 3 aromatic rings. The van der Waals surface area contributed by atoms with E-state index in [1.807, 2.05) is 56.0 Å². The maximum atomic E-state index is 12.3. The third kappa shape index (κ3) is 4.06. The van der Waals surface area contributed by atoms with Crippen LogP contribution in [0.2, 0.25) is 0 Å². The first kappa shape index (κ1) is 18.9. The molecule has 8 heteroatoms. The Labute approximate surface area is 169 Å². The first-order valence-electron chi connectivity index (χ1n) is 9.68. The molecule has 1 fully saturated rings. The van der Waals surface area contributed by atoms with Gasteiger partial charge in [0.05, 0.1) is 6.20 Å². The number of aromatic nitrogens is 3. The highest BCUT2D eigenvalue weighted by Crippen LogP contribution is 2.29. The molecule has 0 bridgehead atoms. The molecule has 2 aromatic heterocycles. The van der Waals surface area contributed by atoms with Gasteiger partial charge in [-0.05, 0) is 31.0 Å². The summed E-state index contributed by atoms with van der Waals surface area (Å²) in [5, 5.41) is 6.12. The molecule has 2 N–H and O–H groups in total. The molecule has 0 aliphatic carbocycles. The average molecular weight is 392 g/mol. The van der Waals surface area contributed by atoms with Gasteiger partial charge in [-0.3, -0.25) is 4.79 Å². The SMILES string of the molecule is Cc1ccnc(Nc2cccc(-c3cnc(N4CCNC(=O)[C@H]4C(C)C)o3)c2)n1. The van der Waals surface area contributed by atoms with Crippen LogP contribution in [0.3, 0.4) is 0 Å². The Morgan fingerprint density at radius 3 is 2.93 bits per heavy atom. The van der Waals surface area contributed by atoms with E-state index < -0.39 is 0 Å². The van der Waals surface area contributed by atoms with Crippen molar-refractivity contribution in [3.8, 4) is 11.3 Å². The van der Waals surface area contributed by atoms with Crippen molar-refractivity contribution in [3.05, 3.63) is 48.4 Å². The fourth-order valence-electron chi connectivity index (χ4n) is 3.48. The summed E-state index contributed by atoms with van der Waals surface area (Å²) < 4.78 is 6.04. The summed E-state index contributed by atoms with van der Waals surface area (Å²) in [7, 11) is 0. The lowest BCUT2D eigenvalue weighted by atomic mass is 10.0. The van der Waals surface area contributed by atoms with E-state index in [2.05, 4.69) is 25.6 Å². The molecular formula is C21H24N6O2. The lowest BCUT2D eigenvalue weighted by Gasteiger charge is -2.36. The zero-order valence-corrected chi connectivity index (χ0v) is 16.7. The molecule has 150 valence electrons. The van der Waals surface area contributed by atoms with Gasteiger partial charge in [0.1, 0.15) is 6.04 Å². The molecule has 1 amide bonds. The summed E-state index contributed by atoms with van der Waals surface area (Å²) in [4.78, 5) is 27.3. The number of carbonyl (C=O) groups excluding carboxylic acids is 1. The second-order valence-electron chi connectivity index (χ2n) is 7.41. The topological polar surface area (TPSA) is 96.2 Å². The number of oxazole rings is 1. The third-order valence-electron chi connectivity index (χ3n) is 4.83. The molecule has 0 spiro atoms. The van der Waals surface area contributed by atoms with Gasteiger partial charge in [-0.1, -0.05) is 26.0 Å². The minimum absolute atomic E-state index is 0.00959. The van der Waals surface area contributed by atoms with E-state index in [0.717, 1.165) is 16.9 Å². The van der Waals surface area contributed by atoms with Crippen LogP contribution in [0.5, 0.6) is 0 Å². The summed E-state index contributed by atoms with van der Waals surface area (Å²) in [6, 6.07) is 9.81. The van der Waals surface area contributed by atoms with E-state index in [1.54, 1.807) is 12.4 Å². The minimum Gasteiger partial charge on any atom is -0.423 e. The second kappa shape index (κ2) is 7.90. The normalized spacial score (nSPS) is 16.8. The van der Waals surface area contributed by atoms with Crippen LogP contribution in [0.25, 0.3) is 11.3 Å². The van der Waals surface area contributed by atoms with Crippen molar-refractivity contribution in [1.29, 1.82) is 0 Å². The van der Waals surface area contributed by atoms with Crippen molar-refractivity contribution in [3.63, 3.8) is 0 Å². The fraction of sp³-hybridized carbons (Fsp3) is 0.333. The molecular weight excluding hydrogens is 368 g/mol. The standard InChI is InChI=1S/C21H24N6O2/c1-13(2)18-19(28)22-9-10-27(18)21-24-12-17(29-21)15-5-4-6-16(11-15)26-20-23-8-7-14(3)25-20/h4-8,11-13,18H,9-10H2,1-3H3,(H,22,28)(H,23,25,26)/t18-/m1/s1. The van der Waals surface area contributed by atoms with Crippen molar-refractivity contribution >= 4 is 23.6 Å². The van der Waals surface area contributed by atoms with Gasteiger partial charge in [-0.2, -0.15) is 0 Å². The highest BCUT2D eigenvalue weighted by atomic mass is 16.4. The fourth-order valence-corrected chi connectivity index (χ4v) is 3.48. The molecule has 1 aromatic carbocycles. The van der Waals surface area contributed by atoms with E-state index in [4.69, 9.17) is 4.42 Å². The van der Waals surface area contributed by atoms with Crippen molar-refractivity contribution in [2.75, 3.05) is 23.3 Å². The summed E-state index contributed by atoms with van der Waals surface area (Å²) in [5.41, 5.74) is 2.62. The number of rotatable bonds is 5. The first-order valence-corrected chi connectivity index (χ1v) is 9.68. The largest absolute Gasteiger partial charge is 0.423 e. The van der Waals surface area contributed by atoms with Gasteiger partial charge < -0.3 is 20.0 Å². The van der Waals surface area contributed by atoms with Gasteiger partial charge in [-0.15, -0.1) is 0 Å². The van der Waals surface area contributed by atoms with Crippen molar-refractivity contribution in [2.24, 2.45) is 5.92 Å². The van der Waals surface area contributed by atoms with Gasteiger partial charge in [-0.25, -0.2) is 15.0 Å². The Kier molecular flexibility index (Phi) is 5.16. The Morgan fingerprint density at radius 2 is 2.14 bits per heavy atom. The van der Waals surface area contributed by atoms with Gasteiger partial charge in [0.2, 0.25) is 11.9 Å². The first-order chi connectivity index (χ1) is 14.0. The predicted molar refractivity (Wildman–Crippen MR) is 111 cm³/mol. The van der Waals surface area contributed by atoms with E-state index in [1.165, 1.54) is 0 Å². The molecule has 1 atom stereocenters.